The average Bonchev–Trinajstić information content (AvgIpc) is 2.58. The van der Waals surface area contributed by atoms with Gasteiger partial charge in [-0.1, -0.05) is 12.5 Å². The predicted molar refractivity (Wildman–Crippen MR) is 107 cm³/mol. The van der Waals surface area contributed by atoms with Crippen LogP contribution in [0.25, 0.3) is 0 Å². The fourth-order valence-corrected chi connectivity index (χ4v) is 3.32. The summed E-state index contributed by atoms with van der Waals surface area (Å²) in [4.78, 5) is 9.82. The Hall–Kier alpha value is -1.03. The highest BCUT2D eigenvalue weighted by molar-refractivity contribution is 5.79. The van der Waals surface area contributed by atoms with Gasteiger partial charge < -0.3 is 15.1 Å². The molecule has 0 radical (unpaired) electrons. The van der Waals surface area contributed by atoms with Gasteiger partial charge in [-0.3, -0.25) is 4.99 Å². The molecule has 0 saturated carbocycles. The number of aliphatic imine (C=N–C) groups is 1. The molecule has 1 aliphatic heterocycles. The van der Waals surface area contributed by atoms with Crippen molar-refractivity contribution in [3.63, 3.8) is 0 Å². The number of nitrogens with zero attached hydrogens (tertiary/aromatic N) is 3. The lowest BCUT2D eigenvalue weighted by Crippen LogP contribution is -2.42. The Labute approximate surface area is 150 Å². The Bertz CT molecular complexity index is 365. The second-order valence-electron chi connectivity index (χ2n) is 7.35. The van der Waals surface area contributed by atoms with Crippen molar-refractivity contribution in [2.24, 2.45) is 10.9 Å². The lowest BCUT2D eigenvalue weighted by Gasteiger charge is -2.35. The zero-order valence-electron chi connectivity index (χ0n) is 16.6. The van der Waals surface area contributed by atoms with Crippen molar-refractivity contribution >= 4 is 5.96 Å². The summed E-state index contributed by atoms with van der Waals surface area (Å²) in [7, 11) is 2.16. The smallest absolute Gasteiger partial charge is 0.193 e. The van der Waals surface area contributed by atoms with Crippen LogP contribution in [0.3, 0.4) is 0 Å². The van der Waals surface area contributed by atoms with E-state index in [1.54, 1.807) is 0 Å². The number of rotatable bonds is 10. The number of unbranched alkanes of at least 4 members (excludes halogenated alkanes) is 3. The molecule has 0 aromatic rings. The van der Waals surface area contributed by atoms with Crippen LogP contribution in [0.15, 0.2) is 17.6 Å². The van der Waals surface area contributed by atoms with E-state index >= 15 is 0 Å². The Morgan fingerprint density at radius 1 is 1.38 bits per heavy atom. The van der Waals surface area contributed by atoms with Gasteiger partial charge in [0.2, 0.25) is 0 Å². The molecule has 1 atom stereocenters. The topological polar surface area (TPSA) is 30.9 Å². The minimum absolute atomic E-state index is 0.656. The molecule has 4 heteroatoms. The van der Waals surface area contributed by atoms with Gasteiger partial charge in [0.15, 0.2) is 5.96 Å². The van der Waals surface area contributed by atoms with Gasteiger partial charge >= 0.3 is 0 Å². The van der Waals surface area contributed by atoms with E-state index in [-0.39, 0.29) is 0 Å². The van der Waals surface area contributed by atoms with Gasteiger partial charge in [-0.25, -0.2) is 0 Å². The molecule has 0 aromatic carbocycles. The Balaban J connectivity index is 2.44. The zero-order valence-corrected chi connectivity index (χ0v) is 16.6. The fraction of sp³-hybridized carbons (Fsp3) is 0.850. The Morgan fingerprint density at radius 3 is 2.83 bits per heavy atom. The highest BCUT2D eigenvalue weighted by Crippen LogP contribution is 2.18. The third-order valence-corrected chi connectivity index (χ3v) is 4.88. The average molecular weight is 337 g/mol. The Morgan fingerprint density at radius 2 is 2.17 bits per heavy atom. The molecular formula is C20H40N4. The summed E-state index contributed by atoms with van der Waals surface area (Å²) < 4.78 is 0. The number of nitrogens with one attached hydrogen (secondary N) is 1. The third-order valence-electron chi connectivity index (χ3n) is 4.88. The van der Waals surface area contributed by atoms with E-state index in [9.17, 15) is 0 Å². The molecule has 4 nitrogen and oxygen atoms in total. The third kappa shape index (κ3) is 8.18. The summed E-state index contributed by atoms with van der Waals surface area (Å²) in [5.41, 5.74) is 0. The molecule has 1 rings (SSSR count). The quantitative estimate of drug-likeness (QED) is 0.285. The first-order chi connectivity index (χ1) is 11.6. The first-order valence-electron chi connectivity index (χ1n) is 9.92. The number of allylic oxidation sites excluding steroid dienone is 1. The first-order valence-corrected chi connectivity index (χ1v) is 9.92. The van der Waals surface area contributed by atoms with Crippen LogP contribution in [0.2, 0.25) is 0 Å². The monoisotopic (exact) mass is 336 g/mol. The molecule has 1 N–H and O–H groups in total. The molecular weight excluding hydrogens is 296 g/mol. The second kappa shape index (κ2) is 12.3. The maximum atomic E-state index is 4.93. The lowest BCUT2D eigenvalue weighted by molar-refractivity contribution is 0.143. The van der Waals surface area contributed by atoms with Gasteiger partial charge in [0.25, 0.3) is 0 Å². The summed E-state index contributed by atoms with van der Waals surface area (Å²) in [6, 6.07) is 0.656. The first kappa shape index (κ1) is 21.0. The van der Waals surface area contributed by atoms with E-state index in [0.29, 0.717) is 12.0 Å². The van der Waals surface area contributed by atoms with Gasteiger partial charge in [0.05, 0.1) is 0 Å². The fourth-order valence-electron chi connectivity index (χ4n) is 3.32. The number of hydrogen-bond donors (Lipinski definition) is 1. The van der Waals surface area contributed by atoms with Crippen LogP contribution in [0, 0.1) is 5.92 Å². The highest BCUT2D eigenvalue weighted by atomic mass is 15.3. The molecule has 1 aliphatic rings. The zero-order chi connectivity index (χ0) is 17.8. The van der Waals surface area contributed by atoms with Crippen molar-refractivity contribution in [2.75, 3.05) is 39.8 Å². The van der Waals surface area contributed by atoms with Crippen molar-refractivity contribution in [1.29, 1.82) is 0 Å². The van der Waals surface area contributed by atoms with Gasteiger partial charge in [-0.15, -0.1) is 6.58 Å². The summed E-state index contributed by atoms with van der Waals surface area (Å²) in [5, 5.41) is 3.45. The molecule has 1 unspecified atom stereocenters. The molecule has 1 heterocycles. The number of guanidine groups is 1. The molecule has 0 aliphatic carbocycles. The van der Waals surface area contributed by atoms with Crippen molar-refractivity contribution in [1.82, 2.24) is 15.1 Å². The van der Waals surface area contributed by atoms with Crippen LogP contribution in [-0.4, -0.2) is 61.6 Å². The standard InChI is InChI=1S/C20H40N4/c1-6-8-9-10-11-14-23(5)20(21-7-2)22-16-19-13-12-15-24(17-19)18(3)4/h6,18-19H,1,7-17H2,2-5H3,(H,21,22). The molecule has 0 amide bonds. The SMILES string of the molecule is C=CCCCCCN(C)C(=NCC1CCCN(C(C)C)C1)NCC. The largest absolute Gasteiger partial charge is 0.357 e. The van der Waals surface area contributed by atoms with E-state index in [2.05, 4.69) is 49.5 Å². The predicted octanol–water partition coefficient (Wildman–Crippen LogP) is 3.75. The van der Waals surface area contributed by atoms with Crippen molar-refractivity contribution in [2.45, 2.75) is 65.3 Å². The number of likely N-dealkylation sites (tertiary alicyclic amines) is 1. The molecule has 1 saturated heterocycles. The molecule has 0 aromatic heterocycles. The van der Waals surface area contributed by atoms with Gasteiger partial charge in [0, 0.05) is 39.3 Å². The van der Waals surface area contributed by atoms with Crippen LogP contribution >= 0.6 is 0 Å². The summed E-state index contributed by atoms with van der Waals surface area (Å²) >= 11 is 0. The maximum Gasteiger partial charge on any atom is 0.193 e. The van der Waals surface area contributed by atoms with E-state index in [4.69, 9.17) is 4.99 Å². The van der Waals surface area contributed by atoms with Gasteiger partial charge in [0.1, 0.15) is 0 Å². The van der Waals surface area contributed by atoms with E-state index in [1.807, 2.05) is 6.08 Å². The van der Waals surface area contributed by atoms with E-state index in [1.165, 1.54) is 45.2 Å². The number of piperidine rings is 1. The normalized spacial score (nSPS) is 19.5. The van der Waals surface area contributed by atoms with Crippen molar-refractivity contribution in [3.8, 4) is 0 Å². The minimum atomic E-state index is 0.656. The van der Waals surface area contributed by atoms with Crippen LogP contribution < -0.4 is 5.32 Å². The maximum absolute atomic E-state index is 4.93. The van der Waals surface area contributed by atoms with Crippen LogP contribution in [0.4, 0.5) is 0 Å². The van der Waals surface area contributed by atoms with E-state index < -0.39 is 0 Å². The second-order valence-corrected chi connectivity index (χ2v) is 7.35. The van der Waals surface area contributed by atoms with Crippen molar-refractivity contribution < 1.29 is 0 Å². The summed E-state index contributed by atoms with van der Waals surface area (Å²) in [6.07, 6.45) is 9.51. The van der Waals surface area contributed by atoms with E-state index in [0.717, 1.165) is 32.0 Å². The molecule has 0 spiro atoms. The molecule has 1 fully saturated rings. The molecule has 24 heavy (non-hydrogen) atoms. The van der Waals surface area contributed by atoms with Gasteiger partial charge in [-0.05, 0) is 65.3 Å². The highest BCUT2D eigenvalue weighted by Gasteiger charge is 2.21. The van der Waals surface area contributed by atoms with Crippen LogP contribution in [-0.2, 0) is 0 Å². The van der Waals surface area contributed by atoms with Crippen LogP contribution in [0.1, 0.15) is 59.3 Å². The lowest BCUT2D eigenvalue weighted by atomic mass is 9.97. The summed E-state index contributed by atoms with van der Waals surface area (Å²) in [6.45, 7) is 15.9. The number of hydrogen-bond acceptors (Lipinski definition) is 2. The Kier molecular flexibility index (Phi) is 10.8. The van der Waals surface area contributed by atoms with Crippen LogP contribution in [0.5, 0.6) is 0 Å². The van der Waals surface area contributed by atoms with Gasteiger partial charge in [-0.2, -0.15) is 0 Å². The molecule has 0 bridgehead atoms. The minimum Gasteiger partial charge on any atom is -0.357 e. The van der Waals surface area contributed by atoms with Crippen molar-refractivity contribution in [3.05, 3.63) is 12.7 Å². The summed E-state index contributed by atoms with van der Waals surface area (Å²) in [5.74, 6) is 1.78. The molecule has 140 valence electrons.